The maximum absolute atomic E-state index is 5.34. The van der Waals surface area contributed by atoms with Crippen LogP contribution in [0.15, 0.2) is 24.3 Å². The molecule has 1 aromatic rings. The molecule has 0 atom stereocenters. The Kier molecular flexibility index (Phi) is 5.19. The normalized spacial score (nSPS) is 10.3. The van der Waals surface area contributed by atoms with Gasteiger partial charge in [-0.3, -0.25) is 0 Å². The monoisotopic (exact) mass is 207 g/mol. The highest BCUT2D eigenvalue weighted by Gasteiger charge is 2.00. The Hall–Kier alpha value is -1.02. The second-order valence-electron chi connectivity index (χ2n) is 3.64. The van der Waals surface area contributed by atoms with E-state index >= 15 is 0 Å². The first-order valence-electron chi connectivity index (χ1n) is 5.65. The average Bonchev–Trinajstić information content (AvgIpc) is 2.29. The van der Waals surface area contributed by atoms with Crippen molar-refractivity contribution in [2.24, 2.45) is 0 Å². The highest BCUT2D eigenvalue weighted by molar-refractivity contribution is 5.47. The van der Waals surface area contributed by atoms with Gasteiger partial charge in [-0.1, -0.05) is 19.1 Å². The molecular formula is C13H21NO. The molecule has 0 N–H and O–H groups in total. The van der Waals surface area contributed by atoms with Crippen LogP contribution in [0.1, 0.15) is 19.4 Å². The van der Waals surface area contributed by atoms with Gasteiger partial charge in [-0.15, -0.1) is 0 Å². The molecule has 0 aliphatic heterocycles. The van der Waals surface area contributed by atoms with Crippen molar-refractivity contribution in [2.45, 2.75) is 20.3 Å². The minimum atomic E-state index is 0.794. The average molecular weight is 207 g/mol. The van der Waals surface area contributed by atoms with Gasteiger partial charge in [0.05, 0.1) is 6.61 Å². The van der Waals surface area contributed by atoms with Gasteiger partial charge in [0.25, 0.3) is 0 Å². The smallest absolute Gasteiger partial charge is 0.0641 e. The van der Waals surface area contributed by atoms with Crippen molar-refractivity contribution in [1.29, 1.82) is 0 Å². The highest BCUT2D eigenvalue weighted by Crippen LogP contribution is 2.14. The van der Waals surface area contributed by atoms with Gasteiger partial charge in [-0.2, -0.15) is 0 Å². The summed E-state index contributed by atoms with van der Waals surface area (Å²) in [5, 5.41) is 0. The van der Waals surface area contributed by atoms with Crippen LogP contribution >= 0.6 is 0 Å². The van der Waals surface area contributed by atoms with E-state index in [9.17, 15) is 0 Å². The quantitative estimate of drug-likeness (QED) is 0.665. The van der Waals surface area contributed by atoms with Crippen LogP contribution in [0.5, 0.6) is 0 Å². The van der Waals surface area contributed by atoms with Gasteiger partial charge < -0.3 is 9.64 Å². The molecule has 2 nitrogen and oxygen atoms in total. The summed E-state index contributed by atoms with van der Waals surface area (Å²) in [4.78, 5) is 2.23. The number of hydrogen-bond donors (Lipinski definition) is 0. The van der Waals surface area contributed by atoms with E-state index in [1.807, 2.05) is 6.92 Å². The summed E-state index contributed by atoms with van der Waals surface area (Å²) in [7, 11) is 2.10. The standard InChI is InChI=1S/C13H21NO/c1-4-12-7-6-8-13(11-12)14(3)9-10-15-5-2/h6-8,11H,4-5,9-10H2,1-3H3. The molecular weight excluding hydrogens is 186 g/mol. The molecule has 0 radical (unpaired) electrons. The molecule has 1 rings (SSSR count). The summed E-state index contributed by atoms with van der Waals surface area (Å²) < 4.78 is 5.34. The molecule has 84 valence electrons. The van der Waals surface area contributed by atoms with E-state index in [1.165, 1.54) is 11.3 Å². The zero-order valence-corrected chi connectivity index (χ0v) is 9.99. The molecule has 0 spiro atoms. The third kappa shape index (κ3) is 3.92. The lowest BCUT2D eigenvalue weighted by molar-refractivity contribution is 0.154. The molecule has 1 aromatic carbocycles. The predicted octanol–water partition coefficient (Wildman–Crippen LogP) is 2.72. The number of aryl methyl sites for hydroxylation is 1. The van der Waals surface area contributed by atoms with Gasteiger partial charge in [-0.25, -0.2) is 0 Å². The van der Waals surface area contributed by atoms with E-state index in [0.29, 0.717) is 0 Å². The maximum atomic E-state index is 5.34. The zero-order valence-electron chi connectivity index (χ0n) is 9.99. The van der Waals surface area contributed by atoms with Crippen LogP contribution in [0.25, 0.3) is 0 Å². The molecule has 0 amide bonds. The van der Waals surface area contributed by atoms with E-state index < -0.39 is 0 Å². The van der Waals surface area contributed by atoms with Crippen LogP contribution in [-0.4, -0.2) is 26.8 Å². The van der Waals surface area contributed by atoms with E-state index in [2.05, 4.69) is 43.1 Å². The molecule has 0 saturated heterocycles. The second-order valence-corrected chi connectivity index (χ2v) is 3.64. The lowest BCUT2D eigenvalue weighted by Gasteiger charge is -2.19. The molecule has 2 heteroatoms. The van der Waals surface area contributed by atoms with Gasteiger partial charge in [0.15, 0.2) is 0 Å². The van der Waals surface area contributed by atoms with Gasteiger partial charge in [-0.05, 0) is 31.0 Å². The number of nitrogens with zero attached hydrogens (tertiary/aromatic N) is 1. The molecule has 0 bridgehead atoms. The van der Waals surface area contributed by atoms with Crippen LogP contribution in [0.2, 0.25) is 0 Å². The van der Waals surface area contributed by atoms with Crippen molar-refractivity contribution in [2.75, 3.05) is 31.7 Å². The Morgan fingerprint density at radius 3 is 2.73 bits per heavy atom. The topological polar surface area (TPSA) is 12.5 Å². The maximum Gasteiger partial charge on any atom is 0.0641 e. The van der Waals surface area contributed by atoms with E-state index in [-0.39, 0.29) is 0 Å². The molecule has 0 aliphatic carbocycles. The number of benzene rings is 1. The van der Waals surface area contributed by atoms with Crippen molar-refractivity contribution < 1.29 is 4.74 Å². The Bertz CT molecular complexity index is 286. The van der Waals surface area contributed by atoms with Crippen molar-refractivity contribution >= 4 is 5.69 Å². The van der Waals surface area contributed by atoms with E-state index in [1.54, 1.807) is 0 Å². The minimum Gasteiger partial charge on any atom is -0.380 e. The Labute approximate surface area is 92.9 Å². The molecule has 0 heterocycles. The molecule has 0 aliphatic rings. The predicted molar refractivity (Wildman–Crippen MR) is 65.6 cm³/mol. The van der Waals surface area contributed by atoms with Crippen LogP contribution in [0.4, 0.5) is 5.69 Å². The summed E-state index contributed by atoms with van der Waals surface area (Å²) in [5.41, 5.74) is 2.66. The van der Waals surface area contributed by atoms with Gasteiger partial charge in [0.1, 0.15) is 0 Å². The van der Waals surface area contributed by atoms with Crippen molar-refractivity contribution in [3.05, 3.63) is 29.8 Å². The summed E-state index contributed by atoms with van der Waals surface area (Å²) in [6.45, 7) is 6.74. The first-order valence-corrected chi connectivity index (χ1v) is 5.65. The fourth-order valence-corrected chi connectivity index (χ4v) is 1.49. The third-order valence-electron chi connectivity index (χ3n) is 2.53. The van der Waals surface area contributed by atoms with Crippen molar-refractivity contribution in [3.8, 4) is 0 Å². The summed E-state index contributed by atoms with van der Waals surface area (Å²) in [5.74, 6) is 0. The zero-order chi connectivity index (χ0) is 11.1. The van der Waals surface area contributed by atoms with Crippen LogP contribution in [0, 0.1) is 0 Å². The fourth-order valence-electron chi connectivity index (χ4n) is 1.49. The highest BCUT2D eigenvalue weighted by atomic mass is 16.5. The molecule has 0 fully saturated rings. The van der Waals surface area contributed by atoms with Crippen LogP contribution in [-0.2, 0) is 11.2 Å². The summed E-state index contributed by atoms with van der Waals surface area (Å²) >= 11 is 0. The number of anilines is 1. The first-order chi connectivity index (χ1) is 7.27. The number of likely N-dealkylation sites (N-methyl/N-ethyl adjacent to an activating group) is 1. The first kappa shape index (κ1) is 12.1. The lowest BCUT2D eigenvalue weighted by Crippen LogP contribution is -2.22. The van der Waals surface area contributed by atoms with Gasteiger partial charge >= 0.3 is 0 Å². The van der Waals surface area contributed by atoms with Gasteiger partial charge in [0, 0.05) is 25.9 Å². The SMILES string of the molecule is CCOCCN(C)c1cccc(CC)c1. The van der Waals surface area contributed by atoms with E-state index in [4.69, 9.17) is 4.74 Å². The minimum absolute atomic E-state index is 0.794. The Balaban J connectivity index is 2.52. The second kappa shape index (κ2) is 6.46. The molecule has 0 aromatic heterocycles. The molecule has 0 saturated carbocycles. The number of rotatable bonds is 6. The summed E-state index contributed by atoms with van der Waals surface area (Å²) in [6.07, 6.45) is 1.09. The van der Waals surface area contributed by atoms with Gasteiger partial charge in [0.2, 0.25) is 0 Å². The third-order valence-corrected chi connectivity index (χ3v) is 2.53. The van der Waals surface area contributed by atoms with Crippen LogP contribution in [0.3, 0.4) is 0 Å². The fraction of sp³-hybridized carbons (Fsp3) is 0.538. The Morgan fingerprint density at radius 2 is 2.07 bits per heavy atom. The van der Waals surface area contributed by atoms with E-state index in [0.717, 1.165) is 26.2 Å². The number of ether oxygens (including phenoxy) is 1. The lowest BCUT2D eigenvalue weighted by atomic mass is 10.1. The molecule has 15 heavy (non-hydrogen) atoms. The van der Waals surface area contributed by atoms with Crippen molar-refractivity contribution in [1.82, 2.24) is 0 Å². The summed E-state index contributed by atoms with van der Waals surface area (Å²) in [6, 6.07) is 8.67. The van der Waals surface area contributed by atoms with Crippen LogP contribution < -0.4 is 4.90 Å². The number of hydrogen-bond acceptors (Lipinski definition) is 2. The largest absolute Gasteiger partial charge is 0.380 e. The molecule has 0 unspecified atom stereocenters. The Morgan fingerprint density at radius 1 is 1.27 bits per heavy atom. The van der Waals surface area contributed by atoms with Crippen molar-refractivity contribution in [3.63, 3.8) is 0 Å².